The average Bonchev–Trinajstić information content (AvgIpc) is 2.95. The van der Waals surface area contributed by atoms with E-state index in [1.165, 1.54) is 0 Å². The molecular formula is C23H22N4O2. The van der Waals surface area contributed by atoms with Gasteiger partial charge in [-0.3, -0.25) is 10.4 Å². The standard InChI is InChI=1S/C23H22N4O2/c1-3-28-18-7-5-16(6-8-18)22-20-15-19(29-4-2)9-10-21(20)25-23(27-26-22)17-11-13-24-14-12-17/h5-15H,3-4H2,1-2H3,(H,25,27). The van der Waals surface area contributed by atoms with Gasteiger partial charge in [0.05, 0.1) is 18.9 Å². The van der Waals surface area contributed by atoms with Gasteiger partial charge in [-0.15, -0.1) is 0 Å². The number of nitrogens with one attached hydrogen (secondary N) is 1. The maximum Gasteiger partial charge on any atom is 0.154 e. The summed E-state index contributed by atoms with van der Waals surface area (Å²) in [5.41, 5.74) is 7.50. The molecule has 0 radical (unpaired) electrons. The molecule has 0 atom stereocenters. The summed E-state index contributed by atoms with van der Waals surface area (Å²) in [6, 6.07) is 17.6. The highest BCUT2D eigenvalue weighted by Crippen LogP contribution is 2.30. The third-order valence-electron chi connectivity index (χ3n) is 4.43. The van der Waals surface area contributed by atoms with Crippen molar-refractivity contribution < 1.29 is 9.47 Å². The van der Waals surface area contributed by atoms with E-state index >= 15 is 0 Å². The summed E-state index contributed by atoms with van der Waals surface area (Å²) >= 11 is 0. The Kier molecular flexibility index (Phi) is 5.52. The number of ether oxygens (including phenoxy) is 2. The van der Waals surface area contributed by atoms with E-state index in [1.807, 2.05) is 68.4 Å². The summed E-state index contributed by atoms with van der Waals surface area (Å²) in [6.07, 6.45) is 3.47. The Morgan fingerprint density at radius 2 is 1.48 bits per heavy atom. The predicted molar refractivity (Wildman–Crippen MR) is 114 cm³/mol. The second kappa shape index (κ2) is 8.56. The van der Waals surface area contributed by atoms with E-state index in [-0.39, 0.29) is 0 Å². The van der Waals surface area contributed by atoms with Crippen LogP contribution in [0.1, 0.15) is 30.5 Å². The van der Waals surface area contributed by atoms with E-state index in [0.29, 0.717) is 19.0 Å². The van der Waals surface area contributed by atoms with E-state index in [1.54, 1.807) is 12.4 Å². The Morgan fingerprint density at radius 1 is 0.793 bits per heavy atom. The third kappa shape index (κ3) is 4.11. The summed E-state index contributed by atoms with van der Waals surface area (Å²) in [4.78, 5) is 8.90. The lowest BCUT2D eigenvalue weighted by Gasteiger charge is -2.11. The third-order valence-corrected chi connectivity index (χ3v) is 4.43. The fourth-order valence-electron chi connectivity index (χ4n) is 3.11. The molecule has 1 aliphatic rings. The average molecular weight is 386 g/mol. The van der Waals surface area contributed by atoms with Gasteiger partial charge in [0.2, 0.25) is 0 Å². The number of hydrogen-bond donors (Lipinski definition) is 1. The Hall–Kier alpha value is -3.67. The highest BCUT2D eigenvalue weighted by Gasteiger charge is 2.18. The molecule has 29 heavy (non-hydrogen) atoms. The zero-order chi connectivity index (χ0) is 20.1. The van der Waals surface area contributed by atoms with Crippen molar-refractivity contribution in [1.82, 2.24) is 10.4 Å². The van der Waals surface area contributed by atoms with Crippen LogP contribution >= 0.6 is 0 Å². The van der Waals surface area contributed by atoms with Crippen molar-refractivity contribution in [3.8, 4) is 11.5 Å². The maximum absolute atomic E-state index is 5.71. The molecule has 6 heteroatoms. The van der Waals surface area contributed by atoms with Crippen LogP contribution in [0.3, 0.4) is 0 Å². The van der Waals surface area contributed by atoms with Gasteiger partial charge in [-0.25, -0.2) is 4.99 Å². The lowest BCUT2D eigenvalue weighted by Crippen LogP contribution is -2.19. The molecule has 146 valence electrons. The normalized spacial score (nSPS) is 12.8. The van der Waals surface area contributed by atoms with E-state index < -0.39 is 0 Å². The fourth-order valence-corrected chi connectivity index (χ4v) is 3.11. The van der Waals surface area contributed by atoms with Crippen molar-refractivity contribution in [2.24, 2.45) is 10.1 Å². The van der Waals surface area contributed by atoms with E-state index in [2.05, 4.69) is 15.5 Å². The highest BCUT2D eigenvalue weighted by atomic mass is 16.5. The molecule has 2 aromatic carbocycles. The SMILES string of the molecule is CCOc1ccc(C2=NNC(c3ccncc3)=Nc3ccc(OCC)cc32)cc1. The van der Waals surface area contributed by atoms with Gasteiger partial charge in [-0.1, -0.05) is 0 Å². The number of pyridine rings is 1. The van der Waals surface area contributed by atoms with Crippen molar-refractivity contribution in [3.63, 3.8) is 0 Å². The minimum Gasteiger partial charge on any atom is -0.494 e. The van der Waals surface area contributed by atoms with Crippen molar-refractivity contribution >= 4 is 17.2 Å². The zero-order valence-electron chi connectivity index (χ0n) is 16.4. The van der Waals surface area contributed by atoms with Crippen molar-refractivity contribution in [2.75, 3.05) is 13.2 Å². The molecule has 4 rings (SSSR count). The molecule has 0 unspecified atom stereocenters. The van der Waals surface area contributed by atoms with Crippen molar-refractivity contribution in [3.05, 3.63) is 83.7 Å². The number of rotatable bonds is 6. The van der Waals surface area contributed by atoms with E-state index in [9.17, 15) is 0 Å². The Labute approximate surface area is 169 Å². The molecule has 6 nitrogen and oxygen atoms in total. The number of hydrogen-bond acceptors (Lipinski definition) is 6. The number of aliphatic imine (C=N–C) groups is 1. The summed E-state index contributed by atoms with van der Waals surface area (Å²) in [6.45, 7) is 5.16. The minimum absolute atomic E-state index is 0.595. The van der Waals surface area contributed by atoms with E-state index in [4.69, 9.17) is 14.5 Å². The number of fused-ring (bicyclic) bond motifs is 1. The Morgan fingerprint density at radius 3 is 2.21 bits per heavy atom. The van der Waals surface area contributed by atoms with Gasteiger partial charge in [-0.2, -0.15) is 5.10 Å². The molecule has 1 aromatic heterocycles. The Balaban J connectivity index is 1.80. The summed E-state index contributed by atoms with van der Waals surface area (Å²) < 4.78 is 11.3. The summed E-state index contributed by atoms with van der Waals surface area (Å²) in [7, 11) is 0. The van der Waals surface area contributed by atoms with Crippen LogP contribution in [-0.2, 0) is 0 Å². The van der Waals surface area contributed by atoms with Crippen LogP contribution in [0.4, 0.5) is 5.69 Å². The van der Waals surface area contributed by atoms with Crippen LogP contribution in [0.25, 0.3) is 0 Å². The number of hydrazone groups is 1. The van der Waals surface area contributed by atoms with Crippen LogP contribution in [-0.4, -0.2) is 29.7 Å². The largest absolute Gasteiger partial charge is 0.494 e. The van der Waals surface area contributed by atoms with Gasteiger partial charge >= 0.3 is 0 Å². The molecule has 1 aliphatic heterocycles. The van der Waals surface area contributed by atoms with E-state index in [0.717, 1.165) is 39.6 Å². The second-order valence-corrected chi connectivity index (χ2v) is 6.34. The van der Waals surface area contributed by atoms with Crippen LogP contribution in [0.2, 0.25) is 0 Å². The maximum atomic E-state index is 5.71. The van der Waals surface area contributed by atoms with Crippen molar-refractivity contribution in [2.45, 2.75) is 13.8 Å². The first-order chi connectivity index (χ1) is 14.3. The molecular weight excluding hydrogens is 364 g/mol. The molecule has 0 amide bonds. The van der Waals surface area contributed by atoms with Crippen LogP contribution in [0.15, 0.2) is 77.1 Å². The van der Waals surface area contributed by atoms with Gasteiger partial charge < -0.3 is 9.47 Å². The molecule has 3 aromatic rings. The molecule has 1 N–H and O–H groups in total. The molecule has 0 saturated carbocycles. The van der Waals surface area contributed by atoms with Gasteiger partial charge in [-0.05, 0) is 68.4 Å². The monoisotopic (exact) mass is 386 g/mol. The van der Waals surface area contributed by atoms with Gasteiger partial charge in [0.1, 0.15) is 17.2 Å². The molecule has 0 bridgehead atoms. The van der Waals surface area contributed by atoms with Gasteiger partial charge in [0, 0.05) is 29.1 Å². The highest BCUT2D eigenvalue weighted by molar-refractivity contribution is 6.18. The molecule has 0 saturated heterocycles. The predicted octanol–water partition coefficient (Wildman–Crippen LogP) is 4.31. The molecule has 0 aliphatic carbocycles. The lowest BCUT2D eigenvalue weighted by atomic mass is 10.0. The first kappa shape index (κ1) is 18.7. The minimum atomic E-state index is 0.595. The molecule has 0 spiro atoms. The first-order valence-corrected chi connectivity index (χ1v) is 9.61. The lowest BCUT2D eigenvalue weighted by molar-refractivity contribution is 0.340. The van der Waals surface area contributed by atoms with Gasteiger partial charge in [0.25, 0.3) is 0 Å². The molecule has 2 heterocycles. The second-order valence-electron chi connectivity index (χ2n) is 6.34. The quantitative estimate of drug-likeness (QED) is 0.685. The summed E-state index contributed by atoms with van der Waals surface area (Å²) in [5.74, 6) is 2.28. The summed E-state index contributed by atoms with van der Waals surface area (Å²) in [5, 5.41) is 4.69. The van der Waals surface area contributed by atoms with Crippen LogP contribution in [0.5, 0.6) is 11.5 Å². The smallest absolute Gasteiger partial charge is 0.154 e. The molecule has 0 fully saturated rings. The number of aromatic nitrogens is 1. The number of amidine groups is 1. The number of benzene rings is 2. The van der Waals surface area contributed by atoms with Gasteiger partial charge in [0.15, 0.2) is 5.84 Å². The van der Waals surface area contributed by atoms with Crippen LogP contribution in [0, 0.1) is 0 Å². The number of nitrogens with zero attached hydrogens (tertiary/aromatic N) is 3. The van der Waals surface area contributed by atoms with Crippen LogP contribution < -0.4 is 14.9 Å². The fraction of sp³-hybridized carbons (Fsp3) is 0.174. The van der Waals surface area contributed by atoms with Crippen molar-refractivity contribution in [1.29, 1.82) is 0 Å². The first-order valence-electron chi connectivity index (χ1n) is 9.61. The topological polar surface area (TPSA) is 68.1 Å². The zero-order valence-corrected chi connectivity index (χ0v) is 16.4. The Bertz CT molecular complexity index is 1040.